The maximum Gasteiger partial charge on any atom is 0.410 e. The van der Waals surface area contributed by atoms with E-state index in [4.69, 9.17) is 9.84 Å². The number of cyclic esters (lactones) is 1. The van der Waals surface area contributed by atoms with Gasteiger partial charge in [0.15, 0.2) is 6.04 Å². The van der Waals surface area contributed by atoms with E-state index in [1.54, 1.807) is 0 Å². The molecule has 2 rings (SSSR count). The van der Waals surface area contributed by atoms with Crippen LogP contribution in [-0.2, 0) is 9.53 Å². The summed E-state index contributed by atoms with van der Waals surface area (Å²) < 4.78 is 4.71. The van der Waals surface area contributed by atoms with Gasteiger partial charge in [0, 0.05) is 13.1 Å². The number of carbonyl (C=O) groups is 2. The lowest BCUT2D eigenvalue weighted by atomic mass is 10.1. The van der Waals surface area contributed by atoms with E-state index in [1.807, 2.05) is 0 Å². The van der Waals surface area contributed by atoms with Gasteiger partial charge in [0.25, 0.3) is 0 Å². The molecule has 1 amide bonds. The van der Waals surface area contributed by atoms with E-state index in [0.29, 0.717) is 6.54 Å². The van der Waals surface area contributed by atoms with Crippen LogP contribution in [-0.4, -0.2) is 64.1 Å². The van der Waals surface area contributed by atoms with Crippen LogP contribution in [0.5, 0.6) is 0 Å². The summed E-state index contributed by atoms with van der Waals surface area (Å²) in [5.74, 6) is -1.15. The van der Waals surface area contributed by atoms with Gasteiger partial charge in [0.1, 0.15) is 6.61 Å². The van der Waals surface area contributed by atoms with Crippen LogP contribution in [0.4, 0.5) is 4.79 Å². The van der Waals surface area contributed by atoms with Crippen molar-refractivity contribution in [2.24, 2.45) is 0 Å². The molecule has 2 heterocycles. The van der Waals surface area contributed by atoms with E-state index < -0.39 is 24.1 Å². The van der Waals surface area contributed by atoms with Crippen molar-refractivity contribution in [2.75, 3.05) is 19.7 Å². The van der Waals surface area contributed by atoms with Gasteiger partial charge in [-0.05, 0) is 0 Å². The third kappa shape index (κ3) is 1.21. The van der Waals surface area contributed by atoms with Crippen LogP contribution < -0.4 is 0 Å². The van der Waals surface area contributed by atoms with Crippen molar-refractivity contribution in [1.82, 2.24) is 9.96 Å². The third-order valence-corrected chi connectivity index (χ3v) is 2.52. The van der Waals surface area contributed by atoms with E-state index in [0.717, 1.165) is 5.06 Å². The van der Waals surface area contributed by atoms with Crippen molar-refractivity contribution in [1.29, 1.82) is 0 Å². The first-order valence-electron chi connectivity index (χ1n) is 4.23. The largest absolute Gasteiger partial charge is 0.480 e. The van der Waals surface area contributed by atoms with Crippen LogP contribution in [0.2, 0.25) is 0 Å². The number of aliphatic carboxylic acids is 1. The zero-order valence-electron chi connectivity index (χ0n) is 7.29. The van der Waals surface area contributed by atoms with Crippen LogP contribution in [0.25, 0.3) is 0 Å². The number of carboxylic acid groups (broad SMARTS) is 1. The molecule has 2 N–H and O–H groups in total. The average molecular weight is 202 g/mol. The number of piperazine rings is 1. The molecule has 2 aliphatic rings. The lowest BCUT2D eigenvalue weighted by Gasteiger charge is -2.36. The average Bonchev–Trinajstić information content (AvgIpc) is 2.47. The Labute approximate surface area is 79.4 Å². The summed E-state index contributed by atoms with van der Waals surface area (Å²) >= 11 is 0. The van der Waals surface area contributed by atoms with Gasteiger partial charge < -0.3 is 15.1 Å². The minimum Gasteiger partial charge on any atom is -0.480 e. The van der Waals surface area contributed by atoms with E-state index in [-0.39, 0.29) is 13.2 Å². The molecule has 2 saturated heterocycles. The number of fused-ring (bicyclic) bond motifs is 1. The van der Waals surface area contributed by atoms with Gasteiger partial charge in [0.2, 0.25) is 0 Å². The molecule has 7 nitrogen and oxygen atoms in total. The predicted octanol–water partition coefficient (Wildman–Crippen LogP) is -1.03. The molecular formula is C7H10N2O5. The molecule has 0 aliphatic carbocycles. The minimum atomic E-state index is -1.15. The van der Waals surface area contributed by atoms with Crippen molar-refractivity contribution in [2.45, 2.75) is 12.1 Å². The molecule has 7 heteroatoms. The smallest absolute Gasteiger partial charge is 0.410 e. The molecule has 0 aromatic rings. The van der Waals surface area contributed by atoms with Gasteiger partial charge in [-0.15, -0.1) is 0 Å². The second kappa shape index (κ2) is 3.10. The van der Waals surface area contributed by atoms with Crippen molar-refractivity contribution >= 4 is 12.1 Å². The molecule has 2 atom stereocenters. The number of hydroxylamine groups is 2. The summed E-state index contributed by atoms with van der Waals surface area (Å²) in [5.41, 5.74) is 0. The fourth-order valence-electron chi connectivity index (χ4n) is 1.82. The Morgan fingerprint density at radius 2 is 2.21 bits per heavy atom. The number of nitrogens with zero attached hydrogens (tertiary/aromatic N) is 2. The molecule has 0 spiro atoms. The highest BCUT2D eigenvalue weighted by Crippen LogP contribution is 2.22. The molecule has 0 aromatic heterocycles. The zero-order valence-corrected chi connectivity index (χ0v) is 7.29. The first-order chi connectivity index (χ1) is 6.61. The molecule has 14 heavy (non-hydrogen) atoms. The van der Waals surface area contributed by atoms with E-state index in [1.165, 1.54) is 4.90 Å². The quantitative estimate of drug-likeness (QED) is 0.564. The van der Waals surface area contributed by atoms with Crippen LogP contribution in [0, 0.1) is 0 Å². The summed E-state index contributed by atoms with van der Waals surface area (Å²) in [6.45, 7) is 0.444. The van der Waals surface area contributed by atoms with E-state index >= 15 is 0 Å². The fourth-order valence-corrected chi connectivity index (χ4v) is 1.82. The first kappa shape index (κ1) is 9.22. The Morgan fingerprint density at radius 1 is 1.50 bits per heavy atom. The van der Waals surface area contributed by atoms with Gasteiger partial charge in [-0.25, -0.2) is 4.79 Å². The topological polar surface area (TPSA) is 90.3 Å². The maximum absolute atomic E-state index is 11.1. The Kier molecular flexibility index (Phi) is 2.05. The Balaban J connectivity index is 2.21. The van der Waals surface area contributed by atoms with Crippen molar-refractivity contribution in [3.63, 3.8) is 0 Å². The molecule has 78 valence electrons. The standard InChI is InChI=1S/C7H10N2O5/c10-6(11)5-4-3-14-7(12)8(4)1-2-9(5)13/h4-5,13H,1-3H2,(H,10,11)/t4-,5+/m1/s1. The predicted molar refractivity (Wildman–Crippen MR) is 41.8 cm³/mol. The lowest BCUT2D eigenvalue weighted by Crippen LogP contribution is -2.60. The number of carboxylic acids is 1. The normalized spacial score (nSPS) is 32.6. The summed E-state index contributed by atoms with van der Waals surface area (Å²) in [6, 6.07) is -1.67. The van der Waals surface area contributed by atoms with Crippen molar-refractivity contribution in [3.05, 3.63) is 0 Å². The molecule has 0 unspecified atom stereocenters. The SMILES string of the molecule is O=C(O)[C@@H]1[C@H]2COC(=O)N2CCN1O. The highest BCUT2D eigenvalue weighted by atomic mass is 16.6. The summed E-state index contributed by atoms with van der Waals surface area (Å²) in [4.78, 5) is 23.3. The highest BCUT2D eigenvalue weighted by Gasteiger charge is 2.47. The highest BCUT2D eigenvalue weighted by molar-refractivity contribution is 5.78. The van der Waals surface area contributed by atoms with Crippen LogP contribution in [0.1, 0.15) is 0 Å². The Morgan fingerprint density at radius 3 is 2.86 bits per heavy atom. The molecule has 0 radical (unpaired) electrons. The molecule has 2 fully saturated rings. The second-order valence-corrected chi connectivity index (χ2v) is 3.28. The number of hydrogen-bond donors (Lipinski definition) is 2. The van der Waals surface area contributed by atoms with Gasteiger partial charge >= 0.3 is 12.1 Å². The number of amides is 1. The second-order valence-electron chi connectivity index (χ2n) is 3.28. The monoisotopic (exact) mass is 202 g/mol. The van der Waals surface area contributed by atoms with Crippen LogP contribution >= 0.6 is 0 Å². The van der Waals surface area contributed by atoms with Gasteiger partial charge in [-0.2, -0.15) is 5.06 Å². The van der Waals surface area contributed by atoms with E-state index in [9.17, 15) is 14.8 Å². The number of ether oxygens (including phenoxy) is 1. The van der Waals surface area contributed by atoms with Gasteiger partial charge in [0.05, 0.1) is 6.04 Å². The van der Waals surface area contributed by atoms with E-state index in [2.05, 4.69) is 0 Å². The fraction of sp³-hybridized carbons (Fsp3) is 0.714. The number of carbonyl (C=O) groups excluding carboxylic acids is 1. The first-order valence-corrected chi connectivity index (χ1v) is 4.23. The summed E-state index contributed by atoms with van der Waals surface area (Å²) in [7, 11) is 0. The Bertz CT molecular complexity index is 281. The maximum atomic E-state index is 11.1. The van der Waals surface area contributed by atoms with Gasteiger partial charge in [-0.1, -0.05) is 0 Å². The van der Waals surface area contributed by atoms with Crippen molar-refractivity contribution in [3.8, 4) is 0 Å². The lowest BCUT2D eigenvalue weighted by molar-refractivity contribution is -0.187. The Hall–Kier alpha value is -1.34. The summed E-state index contributed by atoms with van der Waals surface area (Å²) in [5, 5.41) is 18.9. The van der Waals surface area contributed by atoms with Crippen LogP contribution in [0.3, 0.4) is 0 Å². The molecular weight excluding hydrogens is 192 g/mol. The molecule has 0 bridgehead atoms. The molecule has 2 aliphatic heterocycles. The van der Waals surface area contributed by atoms with Gasteiger partial charge in [-0.3, -0.25) is 9.69 Å². The zero-order chi connectivity index (χ0) is 10.3. The third-order valence-electron chi connectivity index (χ3n) is 2.52. The number of rotatable bonds is 1. The van der Waals surface area contributed by atoms with Crippen molar-refractivity contribution < 1.29 is 24.6 Å². The summed E-state index contributed by atoms with van der Waals surface area (Å²) in [6.07, 6.45) is -0.505. The molecule has 0 aromatic carbocycles. The minimum absolute atomic E-state index is 0.0207. The molecule has 0 saturated carbocycles. The number of hydrogen-bond acceptors (Lipinski definition) is 5. The van der Waals surface area contributed by atoms with Crippen LogP contribution in [0.15, 0.2) is 0 Å².